The van der Waals surface area contributed by atoms with Crippen LogP contribution in [0.2, 0.25) is 5.02 Å². The molecule has 3 heterocycles. The van der Waals surface area contributed by atoms with Gasteiger partial charge in [-0.25, -0.2) is 8.42 Å². The average Bonchev–Trinajstić information content (AvgIpc) is 3.03. The summed E-state index contributed by atoms with van der Waals surface area (Å²) in [5.74, 6) is 0. The Kier molecular flexibility index (Phi) is 5.62. The number of halogens is 1. The van der Waals surface area contributed by atoms with E-state index in [1.165, 1.54) is 16.4 Å². The van der Waals surface area contributed by atoms with Crippen molar-refractivity contribution >= 4 is 21.6 Å². The zero-order valence-electron chi connectivity index (χ0n) is 15.4. The van der Waals surface area contributed by atoms with Gasteiger partial charge in [0.15, 0.2) is 0 Å². The van der Waals surface area contributed by atoms with E-state index in [9.17, 15) is 13.2 Å². The van der Waals surface area contributed by atoms with Crippen molar-refractivity contribution in [2.45, 2.75) is 24.4 Å². The molecular weight excluding hydrogens is 404 g/mol. The van der Waals surface area contributed by atoms with Crippen LogP contribution in [0.3, 0.4) is 0 Å². The number of ether oxygens (including phenoxy) is 1. The summed E-state index contributed by atoms with van der Waals surface area (Å²) in [5.41, 5.74) is 1.31. The molecule has 2 aliphatic heterocycles. The van der Waals surface area contributed by atoms with Crippen molar-refractivity contribution in [3.8, 4) is 0 Å². The largest absolute Gasteiger partial charge is 0.379 e. The molecule has 0 saturated carbocycles. The van der Waals surface area contributed by atoms with Gasteiger partial charge in [0.2, 0.25) is 10.0 Å². The summed E-state index contributed by atoms with van der Waals surface area (Å²) in [6.45, 7) is 4.92. The van der Waals surface area contributed by atoms with Crippen LogP contribution in [0.15, 0.2) is 34.0 Å². The van der Waals surface area contributed by atoms with E-state index < -0.39 is 10.0 Å². The lowest BCUT2D eigenvalue weighted by molar-refractivity contribution is 0.0358. The van der Waals surface area contributed by atoms with Crippen molar-refractivity contribution in [2.24, 2.45) is 0 Å². The maximum absolute atomic E-state index is 12.9. The van der Waals surface area contributed by atoms with Crippen LogP contribution in [0.5, 0.6) is 0 Å². The van der Waals surface area contributed by atoms with Gasteiger partial charge in [-0.1, -0.05) is 11.6 Å². The Morgan fingerprint density at radius 3 is 2.50 bits per heavy atom. The molecule has 0 spiro atoms. The van der Waals surface area contributed by atoms with Gasteiger partial charge in [-0.05, 0) is 30.7 Å². The number of nitrogens with zero attached hydrogens (tertiary/aromatic N) is 3. The Morgan fingerprint density at radius 1 is 1.07 bits per heavy atom. The Labute approximate surface area is 168 Å². The third kappa shape index (κ3) is 3.90. The monoisotopic (exact) mass is 426 g/mol. The first-order chi connectivity index (χ1) is 13.4. The highest BCUT2D eigenvalue weighted by molar-refractivity contribution is 7.89. The summed E-state index contributed by atoms with van der Waals surface area (Å²) in [6.07, 6.45) is 0.405. The molecule has 0 bridgehead atoms. The molecule has 0 amide bonds. The van der Waals surface area contributed by atoms with Gasteiger partial charge < -0.3 is 4.74 Å². The van der Waals surface area contributed by atoms with Gasteiger partial charge in [-0.2, -0.15) is 4.31 Å². The molecule has 0 atom stereocenters. The van der Waals surface area contributed by atoms with Crippen LogP contribution in [-0.2, 0) is 34.3 Å². The van der Waals surface area contributed by atoms with Gasteiger partial charge in [0.05, 0.1) is 36.9 Å². The molecule has 8 nitrogen and oxygen atoms in total. The number of aromatic nitrogens is 2. The molecule has 0 radical (unpaired) electrons. The molecule has 2 aliphatic rings. The normalized spacial score (nSPS) is 18.9. The minimum absolute atomic E-state index is 0.0493. The molecule has 0 unspecified atom stereocenters. The molecule has 1 saturated heterocycles. The van der Waals surface area contributed by atoms with Gasteiger partial charge >= 0.3 is 0 Å². The van der Waals surface area contributed by atoms with Crippen molar-refractivity contribution in [3.05, 3.63) is 50.9 Å². The van der Waals surface area contributed by atoms with Crippen LogP contribution in [0.4, 0.5) is 0 Å². The smallest absolute Gasteiger partial charge is 0.270 e. The number of nitrogens with one attached hydrogen (secondary N) is 1. The highest BCUT2D eigenvalue weighted by Gasteiger charge is 2.31. The molecule has 2 aromatic rings. The van der Waals surface area contributed by atoms with E-state index in [1.807, 2.05) is 0 Å². The van der Waals surface area contributed by atoms with E-state index in [0.717, 1.165) is 19.6 Å². The third-order valence-electron chi connectivity index (χ3n) is 5.28. The van der Waals surface area contributed by atoms with Crippen molar-refractivity contribution in [1.82, 2.24) is 19.0 Å². The minimum Gasteiger partial charge on any atom is -0.379 e. The van der Waals surface area contributed by atoms with Gasteiger partial charge in [-0.15, -0.1) is 0 Å². The fourth-order valence-corrected chi connectivity index (χ4v) is 5.17. The number of sulfonamides is 1. The standard InChI is InChI=1S/C18H23ClN4O4S/c19-14-1-3-15(4-2-14)28(25,26)22-6-5-16-17(13-22)20-23(18(16)24)8-7-21-9-11-27-12-10-21/h1-4,20H,5-13H2. The fraction of sp³-hybridized carbons (Fsp3) is 0.500. The highest BCUT2D eigenvalue weighted by Crippen LogP contribution is 2.23. The number of aromatic amines is 1. The first kappa shape index (κ1) is 19.7. The van der Waals surface area contributed by atoms with E-state index in [0.29, 0.717) is 42.5 Å². The molecule has 1 N–H and O–H groups in total. The lowest BCUT2D eigenvalue weighted by Gasteiger charge is -2.26. The number of rotatable bonds is 5. The molecule has 1 aromatic heterocycles. The second-order valence-corrected chi connectivity index (χ2v) is 9.40. The number of morpholine rings is 1. The maximum Gasteiger partial charge on any atom is 0.270 e. The topological polar surface area (TPSA) is 87.6 Å². The van der Waals surface area contributed by atoms with Gasteiger partial charge in [-0.3, -0.25) is 19.5 Å². The van der Waals surface area contributed by atoms with E-state index >= 15 is 0 Å². The molecule has 1 aromatic carbocycles. The minimum atomic E-state index is -3.63. The summed E-state index contributed by atoms with van der Waals surface area (Å²) in [5, 5.41) is 3.61. The second kappa shape index (κ2) is 8.00. The van der Waals surface area contributed by atoms with E-state index in [2.05, 4.69) is 10.00 Å². The number of fused-ring (bicyclic) bond motifs is 1. The van der Waals surface area contributed by atoms with Crippen molar-refractivity contribution in [1.29, 1.82) is 0 Å². The first-order valence-corrected chi connectivity index (χ1v) is 11.1. The zero-order valence-corrected chi connectivity index (χ0v) is 17.0. The quantitative estimate of drug-likeness (QED) is 0.767. The SMILES string of the molecule is O=c1c2c([nH]n1CCN1CCOCC1)CN(S(=O)(=O)c1ccc(Cl)cc1)CC2. The summed E-state index contributed by atoms with van der Waals surface area (Å²) in [6, 6.07) is 6.13. The molecule has 0 aliphatic carbocycles. The lowest BCUT2D eigenvalue weighted by Crippen LogP contribution is -2.39. The fourth-order valence-electron chi connectivity index (χ4n) is 3.64. The summed E-state index contributed by atoms with van der Waals surface area (Å²) >= 11 is 5.86. The maximum atomic E-state index is 12.9. The van der Waals surface area contributed by atoms with Gasteiger partial charge in [0.1, 0.15) is 0 Å². The van der Waals surface area contributed by atoms with Gasteiger partial charge in [0.25, 0.3) is 5.56 Å². The third-order valence-corrected chi connectivity index (χ3v) is 7.39. The molecule has 10 heteroatoms. The molecule has 1 fully saturated rings. The van der Waals surface area contributed by atoms with Crippen LogP contribution < -0.4 is 5.56 Å². The molecule has 152 valence electrons. The molecular formula is C18H23ClN4O4S. The summed E-state index contributed by atoms with van der Waals surface area (Å²) in [4.78, 5) is 15.1. The Bertz CT molecular complexity index is 994. The van der Waals surface area contributed by atoms with Crippen LogP contribution in [0.1, 0.15) is 11.3 Å². The number of H-pyrrole nitrogens is 1. The lowest BCUT2D eigenvalue weighted by atomic mass is 10.1. The van der Waals surface area contributed by atoms with Crippen LogP contribution in [-0.4, -0.2) is 66.8 Å². The second-order valence-electron chi connectivity index (χ2n) is 7.02. The van der Waals surface area contributed by atoms with Crippen molar-refractivity contribution < 1.29 is 13.2 Å². The van der Waals surface area contributed by atoms with Gasteiger partial charge in [0, 0.05) is 36.8 Å². The van der Waals surface area contributed by atoms with Crippen molar-refractivity contribution in [2.75, 3.05) is 39.4 Å². The predicted octanol–water partition coefficient (Wildman–Crippen LogP) is 0.909. The highest BCUT2D eigenvalue weighted by atomic mass is 35.5. The number of hydrogen-bond donors (Lipinski definition) is 1. The molecule has 4 rings (SSSR count). The van der Waals surface area contributed by atoms with Crippen LogP contribution in [0.25, 0.3) is 0 Å². The van der Waals surface area contributed by atoms with Crippen molar-refractivity contribution in [3.63, 3.8) is 0 Å². The predicted molar refractivity (Wildman–Crippen MR) is 105 cm³/mol. The van der Waals surface area contributed by atoms with Crippen LogP contribution >= 0.6 is 11.6 Å². The van der Waals surface area contributed by atoms with E-state index in [4.69, 9.17) is 16.3 Å². The number of hydrogen-bond acceptors (Lipinski definition) is 5. The van der Waals surface area contributed by atoms with E-state index in [1.54, 1.807) is 16.8 Å². The summed E-state index contributed by atoms with van der Waals surface area (Å²) in [7, 11) is -3.63. The average molecular weight is 427 g/mol. The Morgan fingerprint density at radius 2 is 1.79 bits per heavy atom. The summed E-state index contributed by atoms with van der Waals surface area (Å²) < 4.78 is 34.1. The Hall–Kier alpha value is -1.65. The van der Waals surface area contributed by atoms with E-state index in [-0.39, 0.29) is 23.5 Å². The zero-order chi connectivity index (χ0) is 19.7. The van der Waals surface area contributed by atoms with Crippen LogP contribution in [0, 0.1) is 0 Å². The first-order valence-electron chi connectivity index (χ1n) is 9.31. The Balaban J connectivity index is 1.49. The molecule has 28 heavy (non-hydrogen) atoms. The number of benzene rings is 1.